The summed E-state index contributed by atoms with van der Waals surface area (Å²) >= 11 is 1.43. The van der Waals surface area contributed by atoms with Crippen molar-refractivity contribution in [3.05, 3.63) is 16.5 Å². The number of carbonyl (C=O) groups is 1. The fourth-order valence-electron chi connectivity index (χ4n) is 3.88. The van der Waals surface area contributed by atoms with E-state index in [1.807, 2.05) is 12.3 Å². The Labute approximate surface area is 176 Å². The first kappa shape index (κ1) is 21.9. The van der Waals surface area contributed by atoms with Gasteiger partial charge in [0, 0.05) is 30.1 Å². The van der Waals surface area contributed by atoms with Gasteiger partial charge in [0.1, 0.15) is 0 Å². The summed E-state index contributed by atoms with van der Waals surface area (Å²) in [4.78, 5) is 17.7. The predicted octanol–water partition coefficient (Wildman–Crippen LogP) is 3.08. The van der Waals surface area contributed by atoms with Crippen molar-refractivity contribution in [3.63, 3.8) is 0 Å². The zero-order chi connectivity index (χ0) is 20.6. The Bertz CT molecular complexity index is 720. The standard InChI is InChI=1S/C21H32N4O3S/c1-14(22)18-11-19(29-21(18)25-17-3-2-10-28-13-17)20(27)24-16-6-4-15(5-7-16)12-23-8-9-26/h11-12,15-17,22,25-26H,2-10,13H2,1H3,(H,24,27). The van der Waals surface area contributed by atoms with E-state index in [2.05, 4.69) is 15.6 Å². The SMILES string of the molecule is CC(=N)c1cc(C(=O)NC2CCC(C=NCCO)CC2)sc1NC1CCCOC1. The number of aliphatic imine (C=N–C) groups is 1. The van der Waals surface area contributed by atoms with Gasteiger partial charge in [-0.05, 0) is 57.4 Å². The molecule has 0 aromatic carbocycles. The van der Waals surface area contributed by atoms with Crippen molar-refractivity contribution >= 4 is 34.2 Å². The molecule has 1 aliphatic heterocycles. The number of aliphatic hydroxyl groups excluding tert-OH is 1. The smallest absolute Gasteiger partial charge is 0.261 e. The summed E-state index contributed by atoms with van der Waals surface area (Å²) in [7, 11) is 0. The molecule has 0 radical (unpaired) electrons. The molecule has 1 unspecified atom stereocenters. The van der Waals surface area contributed by atoms with E-state index in [0.29, 0.717) is 29.7 Å². The molecule has 1 saturated heterocycles. The van der Waals surface area contributed by atoms with Gasteiger partial charge in [0.05, 0.1) is 35.7 Å². The number of hydrogen-bond acceptors (Lipinski definition) is 7. The third-order valence-electron chi connectivity index (χ3n) is 5.51. The van der Waals surface area contributed by atoms with Crippen LogP contribution in [0.2, 0.25) is 0 Å². The third-order valence-corrected chi connectivity index (χ3v) is 6.57. The predicted molar refractivity (Wildman–Crippen MR) is 118 cm³/mol. The zero-order valence-corrected chi connectivity index (χ0v) is 17.9. The summed E-state index contributed by atoms with van der Waals surface area (Å²) in [6.45, 7) is 3.78. The first-order valence-electron chi connectivity index (χ1n) is 10.5. The van der Waals surface area contributed by atoms with Crippen molar-refractivity contribution in [2.75, 3.05) is 31.7 Å². The Balaban J connectivity index is 1.56. The molecule has 1 aromatic rings. The minimum Gasteiger partial charge on any atom is -0.394 e. The van der Waals surface area contributed by atoms with Gasteiger partial charge in [-0.3, -0.25) is 9.79 Å². The van der Waals surface area contributed by atoms with E-state index in [4.69, 9.17) is 15.3 Å². The maximum Gasteiger partial charge on any atom is 0.261 e. The van der Waals surface area contributed by atoms with Crippen molar-refractivity contribution in [3.8, 4) is 0 Å². The minimum atomic E-state index is -0.0529. The van der Waals surface area contributed by atoms with Crippen LogP contribution in [0.1, 0.15) is 60.7 Å². The van der Waals surface area contributed by atoms with Gasteiger partial charge < -0.3 is 25.9 Å². The number of thiophene rings is 1. The second-order valence-electron chi connectivity index (χ2n) is 7.90. The molecule has 7 nitrogen and oxygen atoms in total. The zero-order valence-electron chi connectivity index (χ0n) is 17.1. The summed E-state index contributed by atoms with van der Waals surface area (Å²) in [5.41, 5.74) is 1.26. The second-order valence-corrected chi connectivity index (χ2v) is 8.95. The van der Waals surface area contributed by atoms with Crippen LogP contribution in [0, 0.1) is 11.3 Å². The van der Waals surface area contributed by atoms with Crippen LogP contribution in [0.15, 0.2) is 11.1 Å². The average molecular weight is 421 g/mol. The molecule has 0 bridgehead atoms. The third kappa shape index (κ3) is 6.35. The van der Waals surface area contributed by atoms with Gasteiger partial charge >= 0.3 is 0 Å². The molecule has 1 aromatic heterocycles. The van der Waals surface area contributed by atoms with E-state index in [9.17, 15) is 4.79 Å². The van der Waals surface area contributed by atoms with Crippen LogP contribution >= 0.6 is 11.3 Å². The normalized spacial score (nSPS) is 25.1. The van der Waals surface area contributed by atoms with Gasteiger partial charge in [-0.2, -0.15) is 0 Å². The Morgan fingerprint density at radius 1 is 1.34 bits per heavy atom. The molecule has 1 aliphatic carbocycles. The van der Waals surface area contributed by atoms with Gasteiger partial charge in [0.15, 0.2) is 0 Å². The highest BCUT2D eigenvalue weighted by molar-refractivity contribution is 7.18. The topological polar surface area (TPSA) is 107 Å². The fourth-order valence-corrected chi connectivity index (χ4v) is 4.98. The number of carbonyl (C=O) groups excluding carboxylic acids is 1. The molecular formula is C21H32N4O3S. The summed E-state index contributed by atoms with van der Waals surface area (Å²) in [5.74, 6) is 0.389. The number of hydrogen-bond donors (Lipinski definition) is 4. The molecule has 29 heavy (non-hydrogen) atoms. The van der Waals surface area contributed by atoms with Crippen LogP contribution in [-0.4, -0.2) is 61.4 Å². The van der Waals surface area contributed by atoms with E-state index in [-0.39, 0.29) is 24.6 Å². The molecule has 2 fully saturated rings. The largest absolute Gasteiger partial charge is 0.394 e. The first-order valence-corrected chi connectivity index (χ1v) is 11.3. The number of aliphatic hydroxyl groups is 1. The monoisotopic (exact) mass is 420 g/mol. The average Bonchev–Trinajstić information content (AvgIpc) is 3.14. The fraction of sp³-hybridized carbons (Fsp3) is 0.667. The van der Waals surface area contributed by atoms with Crippen molar-refractivity contribution in [2.45, 2.75) is 57.5 Å². The quantitative estimate of drug-likeness (QED) is 0.485. The Morgan fingerprint density at radius 3 is 2.79 bits per heavy atom. The summed E-state index contributed by atoms with van der Waals surface area (Å²) < 4.78 is 5.54. The number of nitrogens with zero attached hydrogens (tertiary/aromatic N) is 1. The number of amides is 1. The van der Waals surface area contributed by atoms with Gasteiger partial charge in [0.2, 0.25) is 0 Å². The van der Waals surface area contributed by atoms with E-state index in [1.54, 1.807) is 6.92 Å². The van der Waals surface area contributed by atoms with E-state index in [0.717, 1.165) is 55.7 Å². The van der Waals surface area contributed by atoms with E-state index >= 15 is 0 Å². The maximum atomic E-state index is 12.8. The van der Waals surface area contributed by atoms with Gasteiger partial charge in [-0.15, -0.1) is 11.3 Å². The summed E-state index contributed by atoms with van der Waals surface area (Å²) in [5, 5.41) is 24.4. The molecule has 160 valence electrons. The van der Waals surface area contributed by atoms with Crippen LogP contribution in [0.5, 0.6) is 0 Å². The van der Waals surface area contributed by atoms with E-state index < -0.39 is 0 Å². The lowest BCUT2D eigenvalue weighted by Gasteiger charge is -2.27. The van der Waals surface area contributed by atoms with Crippen LogP contribution in [0.25, 0.3) is 0 Å². The lowest BCUT2D eigenvalue weighted by molar-refractivity contribution is 0.0877. The molecule has 1 atom stereocenters. The summed E-state index contributed by atoms with van der Waals surface area (Å²) in [6, 6.07) is 2.25. The number of ether oxygens (including phenoxy) is 1. The van der Waals surface area contributed by atoms with Crippen molar-refractivity contribution < 1.29 is 14.6 Å². The van der Waals surface area contributed by atoms with Crippen LogP contribution in [-0.2, 0) is 4.74 Å². The number of nitrogens with one attached hydrogen (secondary N) is 3. The van der Waals surface area contributed by atoms with Crippen LogP contribution in [0.4, 0.5) is 5.00 Å². The maximum absolute atomic E-state index is 12.8. The summed E-state index contributed by atoms with van der Waals surface area (Å²) in [6.07, 6.45) is 7.91. The molecule has 2 heterocycles. The number of anilines is 1. The highest BCUT2D eigenvalue weighted by atomic mass is 32.1. The Hall–Kier alpha value is -1.77. The highest BCUT2D eigenvalue weighted by Crippen LogP contribution is 2.31. The van der Waals surface area contributed by atoms with Crippen molar-refractivity contribution in [1.82, 2.24) is 5.32 Å². The second kappa shape index (κ2) is 10.8. The lowest BCUT2D eigenvalue weighted by Crippen LogP contribution is -2.37. The van der Waals surface area contributed by atoms with Gasteiger partial charge in [-0.25, -0.2) is 0 Å². The van der Waals surface area contributed by atoms with Crippen LogP contribution < -0.4 is 10.6 Å². The molecule has 4 N–H and O–H groups in total. The molecule has 2 aliphatic rings. The molecular weight excluding hydrogens is 388 g/mol. The van der Waals surface area contributed by atoms with Crippen molar-refractivity contribution in [2.24, 2.45) is 10.9 Å². The molecule has 0 spiro atoms. The van der Waals surface area contributed by atoms with Gasteiger partial charge in [-0.1, -0.05) is 0 Å². The van der Waals surface area contributed by atoms with Gasteiger partial charge in [0.25, 0.3) is 5.91 Å². The molecule has 8 heteroatoms. The molecule has 1 saturated carbocycles. The molecule has 3 rings (SSSR count). The van der Waals surface area contributed by atoms with Crippen LogP contribution in [0.3, 0.4) is 0 Å². The first-order chi connectivity index (χ1) is 14.1. The Kier molecular flexibility index (Phi) is 8.20. The van der Waals surface area contributed by atoms with Crippen molar-refractivity contribution in [1.29, 1.82) is 5.41 Å². The van der Waals surface area contributed by atoms with E-state index in [1.165, 1.54) is 11.3 Å². The lowest BCUT2D eigenvalue weighted by atomic mass is 9.87. The minimum absolute atomic E-state index is 0.0529. The molecule has 1 amide bonds. The highest BCUT2D eigenvalue weighted by Gasteiger charge is 2.24. The Morgan fingerprint density at radius 2 is 2.14 bits per heavy atom. The number of rotatable bonds is 8.